The van der Waals surface area contributed by atoms with Crippen LogP contribution in [0.5, 0.6) is 0 Å². The Morgan fingerprint density at radius 2 is 1.46 bits per heavy atom. The average Bonchev–Trinajstić information content (AvgIpc) is 2.90. The molecule has 0 bridgehead atoms. The Labute approximate surface area is 222 Å². The minimum Gasteiger partial charge on any atom is -0.346 e. The molecule has 0 fully saturated rings. The van der Waals surface area contributed by atoms with Crippen molar-refractivity contribution in [3.63, 3.8) is 0 Å². The first-order chi connectivity index (χ1) is 17.7. The fraction of sp³-hybridized carbons (Fsp3) is 0.423. The van der Waals surface area contributed by atoms with Gasteiger partial charge in [-0.3, -0.25) is 28.9 Å². The number of benzene rings is 2. The van der Waals surface area contributed by atoms with Gasteiger partial charge in [0, 0.05) is 13.1 Å². The summed E-state index contributed by atoms with van der Waals surface area (Å²) in [5, 5.41) is 12.3. The van der Waals surface area contributed by atoms with Gasteiger partial charge in [0.15, 0.2) is 0 Å². The molecule has 4 N–H and O–H groups in total. The largest absolute Gasteiger partial charge is 0.346 e. The molecular weight excluding hydrogens is 494 g/mol. The summed E-state index contributed by atoms with van der Waals surface area (Å²) in [6.07, 6.45) is 0. The van der Waals surface area contributed by atoms with Crippen LogP contribution < -0.4 is 21.3 Å². The van der Waals surface area contributed by atoms with Crippen molar-refractivity contribution >= 4 is 52.9 Å². The second-order valence-electron chi connectivity index (χ2n) is 8.56. The number of fused-ring (bicyclic) bond motifs is 1. The lowest BCUT2D eigenvalue weighted by molar-refractivity contribution is -0.145. The summed E-state index contributed by atoms with van der Waals surface area (Å²) >= 11 is 3.79. The van der Waals surface area contributed by atoms with Crippen LogP contribution in [0.2, 0.25) is 0 Å². The zero-order valence-corrected chi connectivity index (χ0v) is 22.3. The smallest absolute Gasteiger partial charge is 0.248 e. The molecule has 1 atom stereocenters. The topological polar surface area (TPSA) is 137 Å². The molecule has 0 unspecified atom stereocenters. The molecule has 11 heteroatoms. The van der Waals surface area contributed by atoms with Crippen molar-refractivity contribution in [2.45, 2.75) is 26.7 Å². The highest BCUT2D eigenvalue weighted by Crippen LogP contribution is 2.24. The second kappa shape index (κ2) is 15.0. The van der Waals surface area contributed by atoms with E-state index in [-0.39, 0.29) is 31.3 Å². The maximum Gasteiger partial charge on any atom is 0.248 e. The number of carbonyl (C=O) groups excluding carboxylic acids is 5. The van der Waals surface area contributed by atoms with Crippen LogP contribution in [0.3, 0.4) is 0 Å². The first-order valence-corrected chi connectivity index (χ1v) is 12.8. The van der Waals surface area contributed by atoms with Crippen molar-refractivity contribution in [2.24, 2.45) is 0 Å². The van der Waals surface area contributed by atoms with Gasteiger partial charge in [0.25, 0.3) is 0 Å². The number of hydrogen-bond acceptors (Lipinski definition) is 7. The van der Waals surface area contributed by atoms with Gasteiger partial charge < -0.3 is 21.3 Å². The van der Waals surface area contributed by atoms with E-state index >= 15 is 0 Å². The molecule has 0 saturated heterocycles. The Hall–Kier alpha value is -3.44. The van der Waals surface area contributed by atoms with Crippen LogP contribution in [-0.4, -0.2) is 79.5 Å². The molecule has 2 rings (SSSR count). The summed E-state index contributed by atoms with van der Waals surface area (Å²) in [6.45, 7) is 5.89. The first-order valence-electron chi connectivity index (χ1n) is 12.1. The van der Waals surface area contributed by atoms with E-state index in [0.29, 0.717) is 13.1 Å². The molecule has 0 saturated carbocycles. The molecule has 2 aromatic rings. The van der Waals surface area contributed by atoms with Crippen LogP contribution in [-0.2, 0) is 24.0 Å². The Balaban J connectivity index is 1.99. The summed E-state index contributed by atoms with van der Waals surface area (Å²) < 4.78 is 0. The number of aryl methyl sites for hydroxylation is 1. The zero-order chi connectivity index (χ0) is 27.4. The number of nitrogens with one attached hydrogen (secondary N) is 4. The third kappa shape index (κ3) is 9.51. The number of amides is 5. The van der Waals surface area contributed by atoms with Crippen molar-refractivity contribution in [3.05, 3.63) is 47.5 Å². The lowest BCUT2D eigenvalue weighted by atomic mass is 9.96. The highest BCUT2D eigenvalue weighted by Gasteiger charge is 2.27. The number of imide groups is 1. The summed E-state index contributed by atoms with van der Waals surface area (Å²) in [6, 6.07) is 11.9. The number of carbonyl (C=O) groups is 5. The monoisotopic (exact) mass is 529 g/mol. The first kappa shape index (κ1) is 29.8. The Bertz CT molecular complexity index is 1140. The summed E-state index contributed by atoms with van der Waals surface area (Å²) in [5.41, 5.74) is 1.94. The number of thiol groups is 1. The van der Waals surface area contributed by atoms with Gasteiger partial charge in [-0.1, -0.05) is 48.9 Å². The van der Waals surface area contributed by atoms with Gasteiger partial charge in [-0.25, -0.2) is 0 Å². The Morgan fingerprint density at radius 3 is 2.11 bits per heavy atom. The minimum atomic E-state index is -0.598. The molecule has 0 heterocycles. The van der Waals surface area contributed by atoms with Gasteiger partial charge in [-0.15, -0.1) is 0 Å². The van der Waals surface area contributed by atoms with Gasteiger partial charge in [-0.2, -0.15) is 12.6 Å². The van der Waals surface area contributed by atoms with Crippen molar-refractivity contribution < 1.29 is 24.0 Å². The molecule has 0 radical (unpaired) electrons. The van der Waals surface area contributed by atoms with E-state index in [1.807, 2.05) is 44.2 Å². The van der Waals surface area contributed by atoms with Crippen LogP contribution in [0, 0.1) is 6.92 Å². The third-order valence-electron chi connectivity index (χ3n) is 5.69. The van der Waals surface area contributed by atoms with E-state index in [0.717, 1.165) is 26.8 Å². The Kier molecular flexibility index (Phi) is 12.0. The predicted molar refractivity (Wildman–Crippen MR) is 145 cm³/mol. The second-order valence-corrected chi connectivity index (χ2v) is 8.87. The maximum absolute atomic E-state index is 13.3. The minimum absolute atomic E-state index is 0.0575. The molecule has 0 aliphatic heterocycles. The zero-order valence-electron chi connectivity index (χ0n) is 21.4. The van der Waals surface area contributed by atoms with E-state index in [2.05, 4.69) is 40.0 Å². The quantitative estimate of drug-likeness (QED) is 0.189. The maximum atomic E-state index is 13.3. The highest BCUT2D eigenvalue weighted by molar-refractivity contribution is 7.81. The van der Waals surface area contributed by atoms with Crippen molar-refractivity contribution in [3.8, 4) is 0 Å². The molecular formula is C26H35N5O5S. The average molecular weight is 530 g/mol. The van der Waals surface area contributed by atoms with Gasteiger partial charge in [-0.05, 0) is 36.7 Å². The molecule has 10 nitrogen and oxygen atoms in total. The molecule has 0 aromatic heterocycles. The Morgan fingerprint density at radius 1 is 0.865 bits per heavy atom. The van der Waals surface area contributed by atoms with Crippen LogP contribution in [0.15, 0.2) is 36.4 Å². The molecule has 2 aromatic carbocycles. The van der Waals surface area contributed by atoms with E-state index in [1.54, 1.807) is 6.92 Å². The predicted octanol–water partition coefficient (Wildman–Crippen LogP) is 0.495. The number of hydrogen-bond donors (Lipinski definition) is 5. The van der Waals surface area contributed by atoms with Crippen molar-refractivity contribution in [1.82, 2.24) is 26.2 Å². The fourth-order valence-corrected chi connectivity index (χ4v) is 3.67. The van der Waals surface area contributed by atoms with Crippen LogP contribution in [0.1, 0.15) is 30.9 Å². The van der Waals surface area contributed by atoms with Crippen molar-refractivity contribution in [1.29, 1.82) is 0 Å². The van der Waals surface area contributed by atoms with Crippen LogP contribution >= 0.6 is 12.6 Å². The van der Waals surface area contributed by atoms with Gasteiger partial charge >= 0.3 is 0 Å². The van der Waals surface area contributed by atoms with Gasteiger partial charge in [0.2, 0.25) is 29.5 Å². The molecule has 0 aliphatic carbocycles. The standard InChI is InChI=1S/C26H35N5O5S/c1-4-27-9-10-31(25(35)15-30-23(33)13-28-22(32)14-29-24(34)16-37)26(36)18(3)19-7-8-20-11-17(2)5-6-21(20)12-19/h5-8,11-12,18,27,37H,4,9-10,13-16H2,1-3H3,(H,28,32)(H,29,34)(H,30,33)/t18-/m0/s1. The third-order valence-corrected chi connectivity index (χ3v) is 5.98. The lowest BCUT2D eigenvalue weighted by Crippen LogP contribution is -2.49. The molecule has 0 aliphatic rings. The lowest BCUT2D eigenvalue weighted by Gasteiger charge is -2.25. The van der Waals surface area contributed by atoms with E-state index in [1.165, 1.54) is 0 Å². The SMILES string of the molecule is CCNCCN(C(=O)CNC(=O)CNC(=O)CNC(=O)CS)C(=O)[C@@H](C)c1ccc2cc(C)ccc2c1. The van der Waals surface area contributed by atoms with E-state index in [9.17, 15) is 24.0 Å². The molecule has 5 amide bonds. The van der Waals surface area contributed by atoms with Crippen LogP contribution in [0.25, 0.3) is 10.8 Å². The van der Waals surface area contributed by atoms with E-state index < -0.39 is 36.1 Å². The number of nitrogens with zero attached hydrogens (tertiary/aromatic N) is 1. The van der Waals surface area contributed by atoms with E-state index in [4.69, 9.17) is 0 Å². The summed E-state index contributed by atoms with van der Waals surface area (Å²) in [4.78, 5) is 62.4. The summed E-state index contributed by atoms with van der Waals surface area (Å²) in [7, 11) is 0. The molecule has 37 heavy (non-hydrogen) atoms. The normalized spacial score (nSPS) is 11.5. The van der Waals surface area contributed by atoms with Gasteiger partial charge in [0.1, 0.15) is 0 Å². The van der Waals surface area contributed by atoms with Gasteiger partial charge in [0.05, 0.1) is 31.3 Å². The van der Waals surface area contributed by atoms with Crippen molar-refractivity contribution in [2.75, 3.05) is 45.0 Å². The molecule has 200 valence electrons. The fourth-order valence-electron chi connectivity index (χ4n) is 3.56. The summed E-state index contributed by atoms with van der Waals surface area (Å²) in [5.74, 6) is -3.11. The number of likely N-dealkylation sites (N-methyl/N-ethyl adjacent to an activating group) is 1. The highest BCUT2D eigenvalue weighted by atomic mass is 32.1. The van der Waals surface area contributed by atoms with Crippen LogP contribution in [0.4, 0.5) is 0 Å². The number of rotatable bonds is 13. The molecule has 0 spiro atoms.